The van der Waals surface area contributed by atoms with Crippen molar-refractivity contribution in [3.63, 3.8) is 0 Å². The van der Waals surface area contributed by atoms with E-state index in [-0.39, 0.29) is 15.9 Å². The minimum atomic E-state index is -3.65. The van der Waals surface area contributed by atoms with Crippen molar-refractivity contribution in [2.24, 2.45) is 0 Å². The van der Waals surface area contributed by atoms with Crippen LogP contribution < -0.4 is 0 Å². The number of likely N-dealkylation sites (tertiary alicyclic amines) is 1. The molecule has 9 heteroatoms. The SMILES string of the molecule is CC(C)(C)OC(=O)N1CCCC1CS(=O)(=O)c1ccc(Cl)nn1. The third-order valence-corrected chi connectivity index (χ3v) is 5.22. The van der Waals surface area contributed by atoms with Gasteiger partial charge in [0.15, 0.2) is 20.0 Å². The molecule has 0 saturated carbocycles. The smallest absolute Gasteiger partial charge is 0.410 e. The summed E-state index contributed by atoms with van der Waals surface area (Å²) in [4.78, 5) is 13.7. The summed E-state index contributed by atoms with van der Waals surface area (Å²) in [6, 6.07) is 2.27. The number of halogens is 1. The van der Waals surface area contributed by atoms with Gasteiger partial charge in [0.2, 0.25) is 0 Å². The minimum Gasteiger partial charge on any atom is -0.444 e. The first-order chi connectivity index (χ1) is 10.6. The van der Waals surface area contributed by atoms with E-state index in [2.05, 4.69) is 10.2 Å². The van der Waals surface area contributed by atoms with Crippen molar-refractivity contribution < 1.29 is 17.9 Å². The predicted molar refractivity (Wildman–Crippen MR) is 85.1 cm³/mol. The van der Waals surface area contributed by atoms with Gasteiger partial charge in [-0.05, 0) is 45.7 Å². The number of ether oxygens (including phenoxy) is 1. The number of carbonyl (C=O) groups is 1. The van der Waals surface area contributed by atoms with Crippen LogP contribution in [0.3, 0.4) is 0 Å². The Morgan fingerprint density at radius 2 is 2.09 bits per heavy atom. The molecule has 1 saturated heterocycles. The maximum Gasteiger partial charge on any atom is 0.410 e. The molecule has 0 aliphatic carbocycles. The van der Waals surface area contributed by atoms with Crippen LogP contribution in [0.15, 0.2) is 17.2 Å². The van der Waals surface area contributed by atoms with Gasteiger partial charge in [0.05, 0.1) is 5.75 Å². The van der Waals surface area contributed by atoms with E-state index in [9.17, 15) is 13.2 Å². The van der Waals surface area contributed by atoms with Gasteiger partial charge in [0.25, 0.3) is 0 Å². The Hall–Kier alpha value is -1.41. The molecule has 23 heavy (non-hydrogen) atoms. The number of hydrogen-bond acceptors (Lipinski definition) is 6. The standard InChI is InChI=1S/C14H20ClN3O4S/c1-14(2,3)22-13(19)18-8-4-5-10(18)9-23(20,21)12-7-6-11(15)16-17-12/h6-7,10H,4-5,8-9H2,1-3H3. The molecule has 0 bridgehead atoms. The number of amides is 1. The number of sulfone groups is 1. The zero-order valence-electron chi connectivity index (χ0n) is 13.3. The van der Waals surface area contributed by atoms with E-state index in [0.29, 0.717) is 13.0 Å². The van der Waals surface area contributed by atoms with Gasteiger partial charge in [0, 0.05) is 12.6 Å². The first-order valence-corrected chi connectivity index (χ1v) is 9.33. The molecule has 1 aliphatic heterocycles. The Balaban J connectivity index is 2.11. The molecule has 1 fully saturated rings. The molecule has 1 amide bonds. The van der Waals surface area contributed by atoms with Crippen molar-refractivity contribution >= 4 is 27.5 Å². The van der Waals surface area contributed by atoms with Gasteiger partial charge in [-0.25, -0.2) is 13.2 Å². The summed E-state index contributed by atoms with van der Waals surface area (Å²) in [6.45, 7) is 5.81. The van der Waals surface area contributed by atoms with Crippen LogP contribution in [0, 0.1) is 0 Å². The monoisotopic (exact) mass is 361 g/mol. The second-order valence-corrected chi connectivity index (χ2v) is 8.81. The van der Waals surface area contributed by atoms with Crippen molar-refractivity contribution in [1.82, 2.24) is 15.1 Å². The fraction of sp³-hybridized carbons (Fsp3) is 0.643. The summed E-state index contributed by atoms with van der Waals surface area (Å²) in [5.41, 5.74) is -0.620. The Morgan fingerprint density at radius 1 is 1.39 bits per heavy atom. The molecule has 1 aromatic heterocycles. The maximum atomic E-state index is 12.4. The van der Waals surface area contributed by atoms with Crippen molar-refractivity contribution in [3.8, 4) is 0 Å². The van der Waals surface area contributed by atoms with Gasteiger partial charge in [-0.1, -0.05) is 11.6 Å². The molecule has 2 rings (SSSR count). The summed E-state index contributed by atoms with van der Waals surface area (Å²) >= 11 is 5.62. The molecule has 128 valence electrons. The number of hydrogen-bond donors (Lipinski definition) is 0. The minimum absolute atomic E-state index is 0.125. The van der Waals surface area contributed by atoms with Gasteiger partial charge in [-0.2, -0.15) is 0 Å². The van der Waals surface area contributed by atoms with Crippen molar-refractivity contribution in [3.05, 3.63) is 17.3 Å². The Morgan fingerprint density at radius 3 is 2.65 bits per heavy atom. The average Bonchev–Trinajstić information content (AvgIpc) is 2.84. The molecular weight excluding hydrogens is 342 g/mol. The molecular formula is C14H20ClN3O4S. The molecule has 0 spiro atoms. The first-order valence-electron chi connectivity index (χ1n) is 7.30. The van der Waals surface area contributed by atoms with E-state index >= 15 is 0 Å². The van der Waals surface area contributed by atoms with E-state index in [4.69, 9.17) is 16.3 Å². The van der Waals surface area contributed by atoms with Crippen molar-refractivity contribution in [2.75, 3.05) is 12.3 Å². The van der Waals surface area contributed by atoms with Crippen LogP contribution in [0.4, 0.5) is 4.79 Å². The van der Waals surface area contributed by atoms with Crippen LogP contribution in [0.2, 0.25) is 5.15 Å². The molecule has 2 heterocycles. The Kier molecular flexibility index (Phi) is 5.15. The molecule has 0 radical (unpaired) electrons. The normalized spacial score (nSPS) is 19.0. The lowest BCUT2D eigenvalue weighted by atomic mass is 10.2. The highest BCUT2D eigenvalue weighted by Gasteiger charge is 2.35. The summed E-state index contributed by atoms with van der Waals surface area (Å²) in [5.74, 6) is -0.206. The summed E-state index contributed by atoms with van der Waals surface area (Å²) in [6.07, 6.45) is 0.864. The lowest BCUT2D eigenvalue weighted by Crippen LogP contribution is -2.42. The third kappa shape index (κ3) is 4.78. The van der Waals surface area contributed by atoms with Crippen molar-refractivity contribution in [1.29, 1.82) is 0 Å². The zero-order valence-corrected chi connectivity index (χ0v) is 14.9. The summed E-state index contributed by atoms with van der Waals surface area (Å²) in [7, 11) is -3.65. The highest BCUT2D eigenvalue weighted by molar-refractivity contribution is 7.91. The van der Waals surface area contributed by atoms with Crippen LogP contribution in [-0.4, -0.2) is 53.5 Å². The Bertz CT molecular complexity index is 670. The van der Waals surface area contributed by atoms with E-state index in [1.54, 1.807) is 20.8 Å². The van der Waals surface area contributed by atoms with Gasteiger partial charge in [-0.15, -0.1) is 10.2 Å². The molecule has 0 aromatic carbocycles. The molecule has 0 N–H and O–H groups in total. The quantitative estimate of drug-likeness (QED) is 0.820. The fourth-order valence-electron chi connectivity index (χ4n) is 2.38. The molecule has 1 aromatic rings. The van der Waals surface area contributed by atoms with Gasteiger partial charge < -0.3 is 9.64 Å². The number of rotatable bonds is 3. The van der Waals surface area contributed by atoms with E-state index in [1.807, 2.05) is 0 Å². The zero-order chi connectivity index (χ0) is 17.3. The van der Waals surface area contributed by atoms with Crippen LogP contribution in [0.1, 0.15) is 33.6 Å². The van der Waals surface area contributed by atoms with Gasteiger partial charge in [0.1, 0.15) is 5.60 Å². The molecule has 1 aliphatic rings. The first kappa shape index (κ1) is 17.9. The predicted octanol–water partition coefficient (Wildman–Crippen LogP) is 2.30. The number of carbonyl (C=O) groups excluding carboxylic acids is 1. The number of nitrogens with zero attached hydrogens (tertiary/aromatic N) is 3. The van der Waals surface area contributed by atoms with E-state index in [0.717, 1.165) is 6.42 Å². The average molecular weight is 362 g/mol. The van der Waals surface area contributed by atoms with Gasteiger partial charge in [-0.3, -0.25) is 0 Å². The van der Waals surface area contributed by atoms with Crippen LogP contribution in [-0.2, 0) is 14.6 Å². The number of aromatic nitrogens is 2. The third-order valence-electron chi connectivity index (χ3n) is 3.34. The van der Waals surface area contributed by atoms with Crippen LogP contribution in [0.25, 0.3) is 0 Å². The molecule has 7 nitrogen and oxygen atoms in total. The topological polar surface area (TPSA) is 89.5 Å². The highest BCUT2D eigenvalue weighted by Crippen LogP contribution is 2.23. The molecule has 1 atom stereocenters. The second-order valence-electron chi connectivity index (χ2n) is 6.45. The fourth-order valence-corrected chi connectivity index (χ4v) is 3.94. The second kappa shape index (κ2) is 6.60. The summed E-state index contributed by atoms with van der Waals surface area (Å²) in [5, 5.41) is 7.15. The van der Waals surface area contributed by atoms with Gasteiger partial charge >= 0.3 is 6.09 Å². The lowest BCUT2D eigenvalue weighted by Gasteiger charge is -2.28. The lowest BCUT2D eigenvalue weighted by molar-refractivity contribution is 0.0241. The molecule has 1 unspecified atom stereocenters. The maximum absolute atomic E-state index is 12.4. The summed E-state index contributed by atoms with van der Waals surface area (Å²) < 4.78 is 30.2. The van der Waals surface area contributed by atoms with Crippen LogP contribution in [0.5, 0.6) is 0 Å². The van der Waals surface area contributed by atoms with E-state index in [1.165, 1.54) is 17.0 Å². The highest BCUT2D eigenvalue weighted by atomic mass is 35.5. The van der Waals surface area contributed by atoms with Crippen molar-refractivity contribution in [2.45, 2.75) is 50.3 Å². The van der Waals surface area contributed by atoms with E-state index < -0.39 is 27.6 Å². The largest absolute Gasteiger partial charge is 0.444 e. The van der Waals surface area contributed by atoms with Crippen LogP contribution >= 0.6 is 11.6 Å². The Labute approximate surface area is 140 Å².